The van der Waals surface area contributed by atoms with Crippen molar-refractivity contribution in [3.63, 3.8) is 0 Å². The number of nitrogens with zero attached hydrogens (tertiary/aromatic N) is 6. The van der Waals surface area contributed by atoms with Crippen molar-refractivity contribution in [1.82, 2.24) is 24.7 Å². The van der Waals surface area contributed by atoms with Crippen LogP contribution in [0.3, 0.4) is 0 Å². The van der Waals surface area contributed by atoms with Crippen molar-refractivity contribution in [3.8, 4) is 6.07 Å². The Morgan fingerprint density at radius 3 is 2.94 bits per heavy atom. The molecule has 2 aromatic rings. The molecule has 0 aliphatic heterocycles. The molecule has 0 N–H and O–H groups in total. The van der Waals surface area contributed by atoms with E-state index in [1.807, 2.05) is 31.3 Å². The van der Waals surface area contributed by atoms with Crippen LogP contribution in [0.25, 0.3) is 11.7 Å². The van der Waals surface area contributed by atoms with Crippen molar-refractivity contribution < 1.29 is 0 Å². The SMILES string of the molecule is CN(C)/C=C/c1c(C#N)nnc2ccnn12. The molecule has 80 valence electrons. The molecule has 0 fully saturated rings. The van der Waals surface area contributed by atoms with Gasteiger partial charge in [-0.05, 0) is 6.08 Å². The van der Waals surface area contributed by atoms with E-state index < -0.39 is 0 Å². The van der Waals surface area contributed by atoms with E-state index >= 15 is 0 Å². The van der Waals surface area contributed by atoms with Crippen LogP contribution in [-0.4, -0.2) is 38.8 Å². The Balaban J connectivity index is 2.63. The van der Waals surface area contributed by atoms with Crippen LogP contribution in [0, 0.1) is 11.3 Å². The molecule has 0 radical (unpaired) electrons. The van der Waals surface area contributed by atoms with Gasteiger partial charge in [0, 0.05) is 26.4 Å². The molecule has 2 aromatic heterocycles. The summed E-state index contributed by atoms with van der Waals surface area (Å²) in [4.78, 5) is 1.87. The van der Waals surface area contributed by atoms with Gasteiger partial charge in [-0.2, -0.15) is 10.4 Å². The van der Waals surface area contributed by atoms with Gasteiger partial charge in [0.15, 0.2) is 11.3 Å². The van der Waals surface area contributed by atoms with Gasteiger partial charge in [0.1, 0.15) is 11.8 Å². The topological polar surface area (TPSA) is 70.1 Å². The third-order valence-corrected chi connectivity index (χ3v) is 1.98. The van der Waals surface area contributed by atoms with E-state index in [1.54, 1.807) is 22.9 Å². The van der Waals surface area contributed by atoms with Crippen molar-refractivity contribution in [2.24, 2.45) is 0 Å². The molecule has 2 heterocycles. The molecule has 6 heteroatoms. The molecule has 2 rings (SSSR count). The summed E-state index contributed by atoms with van der Waals surface area (Å²) in [5.74, 6) is 0. The van der Waals surface area contributed by atoms with Crippen LogP contribution in [0.5, 0.6) is 0 Å². The number of hydrogen-bond donors (Lipinski definition) is 0. The van der Waals surface area contributed by atoms with Crippen LogP contribution in [0.15, 0.2) is 18.5 Å². The average Bonchev–Trinajstić information content (AvgIpc) is 2.73. The quantitative estimate of drug-likeness (QED) is 0.729. The van der Waals surface area contributed by atoms with E-state index in [0.29, 0.717) is 11.3 Å². The van der Waals surface area contributed by atoms with Crippen molar-refractivity contribution >= 4 is 11.7 Å². The summed E-state index contributed by atoms with van der Waals surface area (Å²) in [6.07, 6.45) is 5.24. The van der Waals surface area contributed by atoms with E-state index in [0.717, 1.165) is 0 Å². The summed E-state index contributed by atoms with van der Waals surface area (Å²) >= 11 is 0. The van der Waals surface area contributed by atoms with Gasteiger partial charge in [0.2, 0.25) is 0 Å². The third kappa shape index (κ3) is 1.70. The van der Waals surface area contributed by atoms with Crippen LogP contribution in [0.1, 0.15) is 11.4 Å². The Kier molecular flexibility index (Phi) is 2.52. The van der Waals surface area contributed by atoms with E-state index in [4.69, 9.17) is 5.26 Å². The molecule has 6 nitrogen and oxygen atoms in total. The predicted molar refractivity (Wildman–Crippen MR) is 58.2 cm³/mol. The standard InChI is InChI=1S/C10H10N6/c1-15(2)6-4-9-8(7-11)13-14-10-3-5-12-16(9)10/h3-6H,1-2H3/b6-4+. The van der Waals surface area contributed by atoms with Gasteiger partial charge in [-0.25, -0.2) is 4.52 Å². The monoisotopic (exact) mass is 214 g/mol. The van der Waals surface area contributed by atoms with E-state index in [1.165, 1.54) is 0 Å². The Morgan fingerprint density at radius 2 is 2.25 bits per heavy atom. The summed E-state index contributed by atoms with van der Waals surface area (Å²) in [5, 5.41) is 20.8. The number of nitriles is 1. The van der Waals surface area contributed by atoms with Gasteiger partial charge >= 0.3 is 0 Å². The highest BCUT2D eigenvalue weighted by molar-refractivity contribution is 5.54. The largest absolute Gasteiger partial charge is 0.383 e. The first-order valence-corrected chi connectivity index (χ1v) is 4.67. The lowest BCUT2D eigenvalue weighted by Gasteiger charge is -2.04. The average molecular weight is 214 g/mol. The Bertz CT molecular complexity index is 574. The molecule has 0 aromatic carbocycles. The van der Waals surface area contributed by atoms with Crippen molar-refractivity contribution in [2.75, 3.05) is 14.1 Å². The second kappa shape index (κ2) is 3.98. The molecule has 0 saturated heterocycles. The molecular weight excluding hydrogens is 204 g/mol. The van der Waals surface area contributed by atoms with E-state index in [2.05, 4.69) is 15.3 Å². The molecule has 0 unspecified atom stereocenters. The minimum atomic E-state index is 0.259. The molecule has 0 saturated carbocycles. The Hall–Kier alpha value is -2.42. The summed E-state index contributed by atoms with van der Waals surface area (Å²) < 4.78 is 1.59. The van der Waals surface area contributed by atoms with Gasteiger partial charge in [0.05, 0.1) is 6.20 Å². The first kappa shape index (κ1) is 10.1. The van der Waals surface area contributed by atoms with Crippen molar-refractivity contribution in [2.45, 2.75) is 0 Å². The zero-order valence-electron chi connectivity index (χ0n) is 8.99. The van der Waals surface area contributed by atoms with Gasteiger partial charge < -0.3 is 4.90 Å². The van der Waals surface area contributed by atoms with Crippen LogP contribution in [0.2, 0.25) is 0 Å². The first-order chi connectivity index (χ1) is 7.72. The Labute approximate surface area is 92.4 Å². The molecule has 0 aliphatic rings. The summed E-state index contributed by atoms with van der Waals surface area (Å²) in [6, 6.07) is 3.73. The second-order valence-electron chi connectivity index (χ2n) is 3.43. The highest BCUT2D eigenvalue weighted by atomic mass is 15.3. The molecule has 0 amide bonds. The van der Waals surface area contributed by atoms with Gasteiger partial charge in [-0.15, -0.1) is 10.2 Å². The van der Waals surface area contributed by atoms with Crippen LogP contribution < -0.4 is 0 Å². The smallest absolute Gasteiger partial charge is 0.188 e. The Morgan fingerprint density at radius 1 is 1.44 bits per heavy atom. The zero-order valence-corrected chi connectivity index (χ0v) is 8.99. The fourth-order valence-electron chi connectivity index (χ4n) is 1.26. The fraction of sp³-hybridized carbons (Fsp3) is 0.200. The van der Waals surface area contributed by atoms with Gasteiger partial charge in [0.25, 0.3) is 0 Å². The van der Waals surface area contributed by atoms with Crippen LogP contribution in [-0.2, 0) is 0 Å². The maximum absolute atomic E-state index is 8.94. The molecule has 0 spiro atoms. The lowest BCUT2D eigenvalue weighted by molar-refractivity contribution is 0.567. The summed E-state index contributed by atoms with van der Waals surface area (Å²) in [5.41, 5.74) is 1.51. The molecule has 16 heavy (non-hydrogen) atoms. The van der Waals surface area contributed by atoms with Crippen LogP contribution in [0.4, 0.5) is 0 Å². The van der Waals surface area contributed by atoms with E-state index in [-0.39, 0.29) is 5.69 Å². The number of aromatic nitrogens is 4. The fourth-order valence-corrected chi connectivity index (χ4v) is 1.26. The highest BCUT2D eigenvalue weighted by Gasteiger charge is 2.07. The van der Waals surface area contributed by atoms with E-state index in [9.17, 15) is 0 Å². The minimum absolute atomic E-state index is 0.259. The maximum atomic E-state index is 8.94. The highest BCUT2D eigenvalue weighted by Crippen LogP contribution is 2.08. The van der Waals surface area contributed by atoms with Gasteiger partial charge in [-0.1, -0.05) is 0 Å². The molecule has 0 atom stereocenters. The van der Waals surface area contributed by atoms with Crippen LogP contribution >= 0.6 is 0 Å². The third-order valence-electron chi connectivity index (χ3n) is 1.98. The number of rotatable bonds is 2. The lowest BCUT2D eigenvalue weighted by atomic mass is 10.3. The minimum Gasteiger partial charge on any atom is -0.383 e. The second-order valence-corrected chi connectivity index (χ2v) is 3.43. The zero-order chi connectivity index (χ0) is 11.5. The lowest BCUT2D eigenvalue weighted by Crippen LogP contribution is -2.05. The number of hydrogen-bond acceptors (Lipinski definition) is 5. The van der Waals surface area contributed by atoms with Crippen molar-refractivity contribution in [1.29, 1.82) is 5.26 Å². The first-order valence-electron chi connectivity index (χ1n) is 4.67. The number of fused-ring (bicyclic) bond motifs is 1. The van der Waals surface area contributed by atoms with Crippen molar-refractivity contribution in [3.05, 3.63) is 29.9 Å². The molecule has 0 bridgehead atoms. The molecular formula is C10H10N6. The van der Waals surface area contributed by atoms with Gasteiger partial charge in [-0.3, -0.25) is 0 Å². The normalized spacial score (nSPS) is 10.8. The summed E-state index contributed by atoms with van der Waals surface area (Å²) in [6.45, 7) is 0. The predicted octanol–water partition coefficient (Wildman–Crippen LogP) is 0.528. The summed E-state index contributed by atoms with van der Waals surface area (Å²) in [7, 11) is 3.80. The maximum Gasteiger partial charge on any atom is 0.188 e. The molecule has 0 aliphatic carbocycles.